The molecule has 0 radical (unpaired) electrons. The molecule has 1 amide bonds. The van der Waals surface area contributed by atoms with E-state index in [1.165, 1.54) is 0 Å². The minimum Gasteiger partial charge on any atom is -0.480 e. The number of rotatable bonds is 8. The van der Waals surface area contributed by atoms with Gasteiger partial charge in [0.1, 0.15) is 11.8 Å². The Morgan fingerprint density at radius 1 is 1.11 bits per heavy atom. The lowest BCUT2D eigenvalue weighted by molar-refractivity contribution is -0.141. The molecule has 0 heterocycles. The van der Waals surface area contributed by atoms with Gasteiger partial charge in [0.05, 0.1) is 5.75 Å². The minimum absolute atomic E-state index is 0.0660. The zero-order chi connectivity index (χ0) is 15.2. The number of carboxylic acid groups (broad SMARTS) is 1. The van der Waals surface area contributed by atoms with Crippen LogP contribution in [0.2, 0.25) is 0 Å². The maximum Gasteiger partial charge on any atom is 0.326 e. The fraction of sp³-hybridized carbons (Fsp3) is 0.833. The summed E-state index contributed by atoms with van der Waals surface area (Å²) in [5.41, 5.74) is 0. The molecule has 0 aromatic rings. The van der Waals surface area contributed by atoms with Crippen molar-refractivity contribution in [2.45, 2.75) is 40.2 Å². The molecule has 0 aromatic heterocycles. The van der Waals surface area contributed by atoms with Gasteiger partial charge in [0, 0.05) is 0 Å². The number of carbonyl (C=O) groups excluding carboxylic acids is 1. The highest BCUT2D eigenvalue weighted by Gasteiger charge is 2.24. The largest absolute Gasteiger partial charge is 0.480 e. The molecule has 0 bridgehead atoms. The van der Waals surface area contributed by atoms with Crippen molar-refractivity contribution in [2.24, 2.45) is 11.8 Å². The van der Waals surface area contributed by atoms with Crippen molar-refractivity contribution in [3.8, 4) is 0 Å². The van der Waals surface area contributed by atoms with Gasteiger partial charge in [-0.2, -0.15) is 0 Å². The van der Waals surface area contributed by atoms with Gasteiger partial charge in [0.25, 0.3) is 0 Å². The quantitative estimate of drug-likeness (QED) is 0.685. The van der Waals surface area contributed by atoms with Gasteiger partial charge >= 0.3 is 5.97 Å². The third-order valence-corrected chi connectivity index (χ3v) is 4.16. The number of nitrogens with one attached hydrogen (secondary N) is 1. The molecule has 6 nitrogen and oxygen atoms in total. The second-order valence-electron chi connectivity index (χ2n) is 5.54. The SMILES string of the molecule is CC(C)C[C@H](NC(=O)CS(=O)(=O)CC(C)C)C(=O)O. The van der Waals surface area contributed by atoms with Crippen molar-refractivity contribution >= 4 is 21.7 Å². The number of hydrogen-bond acceptors (Lipinski definition) is 4. The highest BCUT2D eigenvalue weighted by molar-refractivity contribution is 7.92. The van der Waals surface area contributed by atoms with Gasteiger partial charge in [-0.1, -0.05) is 27.7 Å². The lowest BCUT2D eigenvalue weighted by atomic mass is 10.0. The number of aliphatic carboxylic acids is 1. The average molecular weight is 293 g/mol. The maximum atomic E-state index is 11.6. The normalized spacial score (nSPS) is 13.6. The molecular formula is C12H23NO5S. The molecule has 0 aliphatic rings. The van der Waals surface area contributed by atoms with Crippen LogP contribution >= 0.6 is 0 Å². The van der Waals surface area contributed by atoms with E-state index in [-0.39, 0.29) is 24.0 Å². The smallest absolute Gasteiger partial charge is 0.326 e. The van der Waals surface area contributed by atoms with Crippen LogP contribution in [0.25, 0.3) is 0 Å². The predicted octanol–water partition coefficient (Wildman–Crippen LogP) is 0.673. The number of hydrogen-bond donors (Lipinski definition) is 2. The highest BCUT2D eigenvalue weighted by atomic mass is 32.2. The van der Waals surface area contributed by atoms with E-state index in [1.54, 1.807) is 13.8 Å². The lowest BCUT2D eigenvalue weighted by Gasteiger charge is -2.16. The monoisotopic (exact) mass is 293 g/mol. The Morgan fingerprint density at radius 3 is 2.00 bits per heavy atom. The van der Waals surface area contributed by atoms with Crippen molar-refractivity contribution < 1.29 is 23.1 Å². The van der Waals surface area contributed by atoms with Gasteiger partial charge < -0.3 is 10.4 Å². The molecule has 0 aliphatic carbocycles. The van der Waals surface area contributed by atoms with Crippen LogP contribution in [0.15, 0.2) is 0 Å². The zero-order valence-electron chi connectivity index (χ0n) is 11.8. The summed E-state index contributed by atoms with van der Waals surface area (Å²) < 4.78 is 23.2. The van der Waals surface area contributed by atoms with Crippen molar-refractivity contribution in [3.63, 3.8) is 0 Å². The third kappa shape index (κ3) is 8.58. The Labute approximate surface area is 114 Å². The number of sulfone groups is 1. The number of carboxylic acids is 1. The molecule has 0 unspecified atom stereocenters. The predicted molar refractivity (Wildman–Crippen MR) is 72.5 cm³/mol. The molecule has 0 aromatic carbocycles. The molecule has 0 spiro atoms. The van der Waals surface area contributed by atoms with Crippen LogP contribution in [0, 0.1) is 11.8 Å². The van der Waals surface area contributed by atoms with E-state index in [1.807, 2.05) is 13.8 Å². The second kappa shape index (κ2) is 7.47. The van der Waals surface area contributed by atoms with Crippen molar-refractivity contribution in [2.75, 3.05) is 11.5 Å². The molecule has 112 valence electrons. The van der Waals surface area contributed by atoms with Gasteiger partial charge in [-0.25, -0.2) is 13.2 Å². The van der Waals surface area contributed by atoms with Crippen LogP contribution in [-0.4, -0.2) is 42.9 Å². The van der Waals surface area contributed by atoms with Crippen molar-refractivity contribution in [1.29, 1.82) is 0 Å². The standard InChI is InChI=1S/C12H23NO5S/c1-8(2)5-10(12(15)16)13-11(14)7-19(17,18)6-9(3)4/h8-10H,5-7H2,1-4H3,(H,13,14)(H,15,16)/t10-/m0/s1. The van der Waals surface area contributed by atoms with E-state index in [9.17, 15) is 18.0 Å². The summed E-state index contributed by atoms with van der Waals surface area (Å²) in [6, 6.07) is -1.04. The van der Waals surface area contributed by atoms with Crippen molar-refractivity contribution in [3.05, 3.63) is 0 Å². The van der Waals surface area contributed by atoms with E-state index in [2.05, 4.69) is 5.32 Å². The first-order valence-corrected chi connectivity index (χ1v) is 8.08. The first-order valence-electron chi connectivity index (χ1n) is 6.26. The van der Waals surface area contributed by atoms with Crippen LogP contribution in [-0.2, 0) is 19.4 Å². The van der Waals surface area contributed by atoms with Gasteiger partial charge in [-0.3, -0.25) is 4.79 Å². The Hall–Kier alpha value is -1.11. The summed E-state index contributed by atoms with van der Waals surface area (Å²) in [6.45, 7) is 7.15. The van der Waals surface area contributed by atoms with E-state index in [0.29, 0.717) is 0 Å². The molecule has 7 heteroatoms. The third-order valence-electron chi connectivity index (χ3n) is 2.28. The van der Waals surface area contributed by atoms with E-state index < -0.39 is 33.5 Å². The molecule has 19 heavy (non-hydrogen) atoms. The number of carbonyl (C=O) groups is 2. The molecule has 0 saturated heterocycles. The topological polar surface area (TPSA) is 101 Å². The molecule has 2 N–H and O–H groups in total. The minimum atomic E-state index is -3.48. The Bertz CT molecular complexity index is 414. The lowest BCUT2D eigenvalue weighted by Crippen LogP contribution is -2.44. The van der Waals surface area contributed by atoms with Gasteiger partial charge in [-0.15, -0.1) is 0 Å². The number of amides is 1. The second-order valence-corrected chi connectivity index (χ2v) is 7.65. The van der Waals surface area contributed by atoms with Crippen LogP contribution in [0.4, 0.5) is 0 Å². The van der Waals surface area contributed by atoms with Crippen LogP contribution in [0.3, 0.4) is 0 Å². The first kappa shape index (κ1) is 17.9. The molecule has 0 aliphatic heterocycles. The fourth-order valence-corrected chi connectivity index (χ4v) is 3.31. The molecular weight excluding hydrogens is 270 g/mol. The summed E-state index contributed by atoms with van der Waals surface area (Å²) in [5.74, 6) is -2.62. The molecule has 1 atom stereocenters. The molecule has 0 saturated carbocycles. The fourth-order valence-electron chi connectivity index (χ4n) is 1.70. The zero-order valence-corrected chi connectivity index (χ0v) is 12.7. The van der Waals surface area contributed by atoms with E-state index in [4.69, 9.17) is 5.11 Å². The van der Waals surface area contributed by atoms with Crippen LogP contribution in [0.5, 0.6) is 0 Å². The summed E-state index contributed by atoms with van der Waals surface area (Å²) in [5, 5.41) is 11.2. The first-order chi connectivity index (χ1) is 8.53. The van der Waals surface area contributed by atoms with E-state index in [0.717, 1.165) is 0 Å². The van der Waals surface area contributed by atoms with Crippen LogP contribution in [0.1, 0.15) is 34.1 Å². The van der Waals surface area contributed by atoms with Crippen LogP contribution < -0.4 is 5.32 Å². The Morgan fingerprint density at radius 2 is 1.63 bits per heavy atom. The Kier molecular flexibility index (Phi) is 7.04. The average Bonchev–Trinajstić information content (AvgIpc) is 2.11. The van der Waals surface area contributed by atoms with Crippen molar-refractivity contribution in [1.82, 2.24) is 5.32 Å². The van der Waals surface area contributed by atoms with E-state index >= 15 is 0 Å². The highest BCUT2D eigenvalue weighted by Crippen LogP contribution is 2.06. The summed E-state index contributed by atoms with van der Waals surface area (Å²) in [6.07, 6.45) is 0.269. The maximum absolute atomic E-state index is 11.6. The summed E-state index contributed by atoms with van der Waals surface area (Å²) in [4.78, 5) is 22.5. The Balaban J connectivity index is 4.54. The van der Waals surface area contributed by atoms with Gasteiger partial charge in [0.15, 0.2) is 9.84 Å². The molecule has 0 fully saturated rings. The van der Waals surface area contributed by atoms with Gasteiger partial charge in [-0.05, 0) is 18.3 Å². The summed E-state index contributed by atoms with van der Waals surface area (Å²) >= 11 is 0. The molecule has 0 rings (SSSR count). The summed E-state index contributed by atoms with van der Waals surface area (Å²) in [7, 11) is -3.48. The van der Waals surface area contributed by atoms with Gasteiger partial charge in [0.2, 0.25) is 5.91 Å².